The molecule has 0 atom stereocenters. The van der Waals surface area contributed by atoms with Crippen LogP contribution < -0.4 is 0 Å². The number of rotatable bonds is 0. The first-order valence-corrected chi connectivity index (χ1v) is 0.612. The van der Waals surface area contributed by atoms with Crippen molar-refractivity contribution in [2.75, 3.05) is 0 Å². The molecule has 0 bridgehead atoms. The van der Waals surface area contributed by atoms with Gasteiger partial charge in [0.15, 0.2) is 0 Å². The van der Waals surface area contributed by atoms with Crippen LogP contribution in [0.4, 0.5) is 0 Å². The van der Waals surface area contributed by atoms with Crippen LogP contribution >= 0.6 is 0 Å². The second-order valence-corrected chi connectivity index (χ2v) is 0. The quantitative estimate of drug-likeness (QED) is 0.339. The van der Waals surface area contributed by atoms with E-state index < -0.39 is 0 Å². The van der Waals surface area contributed by atoms with E-state index in [1.54, 1.807) is 0 Å². The fourth-order valence-corrected chi connectivity index (χ4v) is 0. The molecular formula is C3H6O6Re. The maximum atomic E-state index is 7.50. The molecule has 6 N–H and O–H groups in total. The number of hydrogen-bond donors (Lipinski definition) is 0. The van der Waals surface area contributed by atoms with Gasteiger partial charge in [0.1, 0.15) is 0 Å². The van der Waals surface area contributed by atoms with Crippen molar-refractivity contribution in [3.63, 3.8) is 0 Å². The zero-order valence-electron chi connectivity index (χ0n) is 4.60. The van der Waals surface area contributed by atoms with E-state index in [1.165, 1.54) is 0 Å². The molecule has 0 saturated carbocycles. The summed E-state index contributed by atoms with van der Waals surface area (Å²) in [5.74, 6) is 0. The fraction of sp³-hybridized carbons (Fsp3) is 0. The summed E-state index contributed by atoms with van der Waals surface area (Å²) in [5.41, 5.74) is 0. The molecular weight excluding hydrogens is 320 g/mol. The third kappa shape index (κ3) is 6280. The Morgan fingerprint density at radius 1 is 0.500 bits per heavy atom. The predicted molar refractivity (Wildman–Crippen MR) is 22.6 cm³/mol. The molecule has 7 heteroatoms. The average molecular weight is 326 g/mol. The Kier molecular flexibility index (Phi) is 91800. The molecule has 0 unspecified atom stereocenters. The zero-order chi connectivity index (χ0) is 6.00. The van der Waals surface area contributed by atoms with Gasteiger partial charge in [0.25, 0.3) is 0 Å². The van der Waals surface area contributed by atoms with Gasteiger partial charge < -0.3 is 16.4 Å². The third-order valence-electron chi connectivity index (χ3n) is 0. The van der Waals surface area contributed by atoms with Crippen molar-refractivity contribution in [3.05, 3.63) is 20.0 Å². The van der Waals surface area contributed by atoms with Crippen molar-refractivity contribution in [2.45, 2.75) is 0 Å². The molecule has 1 radical (unpaired) electrons. The molecule has 0 spiro atoms. The molecule has 0 aliphatic rings. The van der Waals surface area contributed by atoms with Crippen LogP contribution in [0.3, 0.4) is 0 Å². The molecule has 0 aromatic rings. The Morgan fingerprint density at radius 3 is 0.500 bits per heavy atom. The van der Waals surface area contributed by atoms with Crippen molar-refractivity contribution in [2.24, 2.45) is 0 Å². The van der Waals surface area contributed by atoms with Gasteiger partial charge in [0, 0.05) is 20.4 Å². The van der Waals surface area contributed by atoms with Gasteiger partial charge in [-0.2, -0.15) is 0 Å². The summed E-state index contributed by atoms with van der Waals surface area (Å²) in [6.45, 7) is 13.5. The molecule has 0 heterocycles. The maximum absolute atomic E-state index is 7.50. The summed E-state index contributed by atoms with van der Waals surface area (Å²) in [4.78, 5) is 0. The summed E-state index contributed by atoms with van der Waals surface area (Å²) in [7, 11) is 0. The molecule has 61 valence electrons. The SMILES string of the molecule is O.O.O.[188Re].[C-]#[O+].[C-]#[O+].[C-]#[O+]. The Hall–Kier alpha value is -0.238. The molecule has 10 heavy (non-hydrogen) atoms. The Labute approximate surface area is 71.3 Å². The molecule has 0 aromatic carbocycles. The molecule has 0 aliphatic carbocycles. The standard InChI is InChI=1S/3CO.3H2O.Re/c3*1-2;;;;/h;;;3*1H2;/i;;;;;;1+2. The van der Waals surface area contributed by atoms with E-state index in [-0.39, 0.29) is 36.9 Å². The zero-order valence-corrected chi connectivity index (χ0v) is 7.32. The van der Waals surface area contributed by atoms with Crippen LogP contribution in [0.15, 0.2) is 0 Å². The van der Waals surface area contributed by atoms with Crippen molar-refractivity contribution in [1.29, 1.82) is 0 Å². The normalized spacial score (nSPS) is 0.600. The minimum atomic E-state index is 0. The molecule has 0 aromatic heterocycles. The van der Waals surface area contributed by atoms with Crippen molar-refractivity contribution in [1.82, 2.24) is 0 Å². The van der Waals surface area contributed by atoms with Gasteiger partial charge in [0.05, 0.1) is 0 Å². The fourth-order valence-electron chi connectivity index (χ4n) is 0. The van der Waals surface area contributed by atoms with Gasteiger partial charge in [-0.25, -0.2) is 0 Å². The van der Waals surface area contributed by atoms with E-state index >= 15 is 0 Å². The molecule has 0 fully saturated rings. The summed E-state index contributed by atoms with van der Waals surface area (Å²) in [6.07, 6.45) is 0. The van der Waals surface area contributed by atoms with Crippen LogP contribution in [0.5, 0.6) is 0 Å². The monoisotopic (exact) mass is 326 g/mol. The molecule has 0 aliphatic heterocycles. The topological polar surface area (TPSA) is 154 Å². The summed E-state index contributed by atoms with van der Waals surface area (Å²) in [5, 5.41) is 0. The van der Waals surface area contributed by atoms with Gasteiger partial charge in [-0.3, -0.25) is 0 Å². The van der Waals surface area contributed by atoms with Crippen LogP contribution in [0, 0.1) is 20.0 Å². The second-order valence-electron chi connectivity index (χ2n) is 0. The third-order valence-corrected chi connectivity index (χ3v) is 0. The van der Waals surface area contributed by atoms with E-state index in [1.807, 2.05) is 0 Å². The van der Waals surface area contributed by atoms with Gasteiger partial charge >= 0.3 is 33.9 Å². The molecule has 0 amide bonds. The second kappa shape index (κ2) is 9350. The van der Waals surface area contributed by atoms with Gasteiger partial charge in [0.2, 0.25) is 0 Å². The first-order valence-electron chi connectivity index (χ1n) is 0.612. The molecule has 6 nitrogen and oxygen atoms in total. The van der Waals surface area contributed by atoms with Crippen molar-refractivity contribution >= 4 is 0 Å². The van der Waals surface area contributed by atoms with E-state index in [2.05, 4.69) is 20.0 Å². The summed E-state index contributed by atoms with van der Waals surface area (Å²) >= 11 is 0. The molecule has 0 saturated heterocycles. The minimum absolute atomic E-state index is 0. The van der Waals surface area contributed by atoms with Crippen LogP contribution in [-0.4, -0.2) is 16.4 Å². The van der Waals surface area contributed by atoms with E-state index in [0.717, 1.165) is 0 Å². The van der Waals surface area contributed by atoms with Gasteiger partial charge in [-0.1, -0.05) is 0 Å². The Morgan fingerprint density at radius 2 is 0.500 bits per heavy atom. The van der Waals surface area contributed by atoms with Crippen molar-refractivity contribution in [3.8, 4) is 0 Å². The van der Waals surface area contributed by atoms with Gasteiger partial charge in [-0.15, -0.1) is 0 Å². The predicted octanol–water partition coefficient (Wildman–Crippen LogP) is -2.59. The van der Waals surface area contributed by atoms with Crippen LogP contribution in [0.25, 0.3) is 0 Å². The Bertz CT molecular complexity index is 41.5. The van der Waals surface area contributed by atoms with E-state index in [9.17, 15) is 0 Å². The summed E-state index contributed by atoms with van der Waals surface area (Å²) < 4.78 is 22.5. The van der Waals surface area contributed by atoms with E-state index in [0.29, 0.717) is 0 Å². The van der Waals surface area contributed by atoms with Crippen LogP contribution in [-0.2, 0) is 34.4 Å². The van der Waals surface area contributed by atoms with Crippen LogP contribution in [0.2, 0.25) is 0 Å². The Balaban J connectivity index is -0.00000000225. The first-order chi connectivity index (χ1) is 3.00. The average Bonchev–Trinajstić information content (AvgIpc) is 1.81. The first kappa shape index (κ1) is 98.2. The summed E-state index contributed by atoms with van der Waals surface area (Å²) in [6, 6.07) is 0. The van der Waals surface area contributed by atoms with Crippen LogP contribution in [0.1, 0.15) is 0 Å². The van der Waals surface area contributed by atoms with Gasteiger partial charge in [-0.05, 0) is 0 Å². The molecule has 0 rings (SSSR count). The van der Waals surface area contributed by atoms with Crippen molar-refractivity contribution < 1.29 is 50.8 Å². The number of hydrogen-bond acceptors (Lipinski definition) is 0. The van der Waals surface area contributed by atoms with E-state index in [4.69, 9.17) is 14.0 Å².